The lowest BCUT2D eigenvalue weighted by Crippen LogP contribution is -2.49. The predicted octanol–water partition coefficient (Wildman–Crippen LogP) is 17.2. The number of piperidine rings is 1. The number of carbonyl (C=O) groups is 7. The molecule has 28 heteroatoms. The lowest BCUT2D eigenvalue weighted by Gasteiger charge is -2.30. The van der Waals surface area contributed by atoms with E-state index in [1.807, 2.05) is 196 Å². The normalized spacial score (nSPS) is 13.7. The van der Waals surface area contributed by atoms with Gasteiger partial charge in [0.1, 0.15) is 40.7 Å². The summed E-state index contributed by atoms with van der Waals surface area (Å²) in [6.45, 7) is 17.6. The van der Waals surface area contributed by atoms with Crippen molar-refractivity contribution in [2.75, 3.05) is 48.0 Å². The number of pyridine rings is 3. The number of methoxy groups -OCH3 is 1. The van der Waals surface area contributed by atoms with E-state index in [0.29, 0.717) is 10.3 Å². The van der Waals surface area contributed by atoms with Gasteiger partial charge in [0, 0.05) is 66.1 Å². The van der Waals surface area contributed by atoms with Gasteiger partial charge in [0.05, 0.1) is 59.7 Å². The minimum absolute atomic E-state index is 0. The molecule has 1 aliphatic heterocycles. The fourth-order valence-corrected chi connectivity index (χ4v) is 13.4. The van der Waals surface area contributed by atoms with E-state index in [2.05, 4.69) is 62.2 Å². The number of amidine groups is 2. The van der Waals surface area contributed by atoms with Crippen molar-refractivity contribution < 1.29 is 57.2 Å². The van der Waals surface area contributed by atoms with Crippen LogP contribution in [0.1, 0.15) is 119 Å². The molecule has 0 radical (unpaired) electrons. The van der Waals surface area contributed by atoms with Gasteiger partial charge < -0.3 is 60.5 Å². The lowest BCUT2D eigenvalue weighted by atomic mass is 9.86. The van der Waals surface area contributed by atoms with Crippen LogP contribution >= 0.6 is 35.3 Å². The van der Waals surface area contributed by atoms with E-state index in [-0.39, 0.29) is 73.6 Å². The van der Waals surface area contributed by atoms with Crippen LogP contribution < -0.4 is 37.2 Å². The molecule has 0 saturated carbocycles. The number of rotatable bonds is 28. The molecule has 4 amide bonds. The molecule has 25 nitrogen and oxygen atoms in total. The van der Waals surface area contributed by atoms with Gasteiger partial charge in [-0.2, -0.15) is 0 Å². The van der Waals surface area contributed by atoms with Crippen molar-refractivity contribution in [1.82, 2.24) is 41.1 Å². The van der Waals surface area contributed by atoms with Gasteiger partial charge in [0.2, 0.25) is 17.7 Å². The fourth-order valence-electron chi connectivity index (χ4n) is 11.0. The molecular formula is C87H103N13O12S3. The summed E-state index contributed by atoms with van der Waals surface area (Å²) in [5, 5.41) is 25.8. The number of para-hydroxylation sites is 3. The predicted molar refractivity (Wildman–Crippen MR) is 466 cm³/mol. The number of hydrogen-bond donors (Lipinski definition) is 7. The van der Waals surface area contributed by atoms with Crippen LogP contribution in [-0.2, 0) is 47.7 Å². The Morgan fingerprint density at radius 3 is 1.36 bits per heavy atom. The number of benzene rings is 6. The van der Waals surface area contributed by atoms with Crippen LogP contribution in [0.3, 0.4) is 0 Å². The van der Waals surface area contributed by atoms with Crippen molar-refractivity contribution in [3.05, 3.63) is 235 Å². The number of anilines is 3. The molecule has 1 aliphatic rings. The zero-order valence-electron chi connectivity index (χ0n) is 65.6. The number of ether oxygens (including phenoxy) is 5. The van der Waals surface area contributed by atoms with Crippen molar-refractivity contribution in [3.63, 3.8) is 0 Å². The number of esters is 2. The zero-order chi connectivity index (χ0) is 81.7. The monoisotopic (exact) mass is 1620 g/mol. The summed E-state index contributed by atoms with van der Waals surface area (Å²) in [7, 11) is 1.32. The highest BCUT2D eigenvalue weighted by Gasteiger charge is 2.28. The summed E-state index contributed by atoms with van der Waals surface area (Å²) >= 11 is 3.75. The van der Waals surface area contributed by atoms with E-state index in [1.54, 1.807) is 90.2 Å². The second-order valence-electron chi connectivity index (χ2n) is 27.7. The summed E-state index contributed by atoms with van der Waals surface area (Å²) in [6, 6.07) is 57.7. The third kappa shape index (κ3) is 33.6. The number of likely N-dealkylation sites (tertiary alicyclic amines) is 1. The number of hydrogen-bond acceptors (Lipinski definition) is 22. The van der Waals surface area contributed by atoms with Gasteiger partial charge in [-0.05, 0) is 168 Å². The Kier molecular flexibility index (Phi) is 37.2. The second kappa shape index (κ2) is 47.2. The number of aliphatic imine (C=N–C) groups is 2. The van der Waals surface area contributed by atoms with E-state index < -0.39 is 40.9 Å². The lowest BCUT2D eigenvalue weighted by molar-refractivity contribution is -0.147. The number of nitrogens with one attached hydrogen (secondary N) is 7. The molecule has 5 atom stereocenters. The summed E-state index contributed by atoms with van der Waals surface area (Å²) in [6.07, 6.45) is 15.6. The highest BCUT2D eigenvalue weighted by molar-refractivity contribution is 8.14. The molecule has 5 unspecified atom stereocenters. The molecule has 0 spiro atoms. The van der Waals surface area contributed by atoms with E-state index in [9.17, 15) is 33.6 Å². The molecule has 1 saturated heterocycles. The molecule has 9 aromatic rings. The SMILES string of the molecule is C.CC(N=C(Nc1cccc2cccnc12)SCOC(=O)OC(C)(C)C)NC(=O)/C=C/c1ccccc1.CC(NC(=O)/C=C/c1ccccc1)NC(Nc1cccc2cccnc12)SC(C)OC(=O)N1CCCCC1.COC(=O)CC(C)(C)CC(=O)OCSC(=NC(C)NC(=O)/C=C/c1ccccc1)Nc1cccc2cccnc12. The fraction of sp³-hybridized carbons (Fsp3) is 0.310. The van der Waals surface area contributed by atoms with Crippen LogP contribution in [0, 0.1) is 5.41 Å². The van der Waals surface area contributed by atoms with Crippen LogP contribution in [0.15, 0.2) is 229 Å². The molecule has 0 aliphatic carbocycles. The number of carbonyl (C=O) groups excluding carboxylic acids is 7. The average Bonchev–Trinajstić information content (AvgIpc) is 0.832. The Hall–Kier alpha value is -11.6. The Balaban J connectivity index is 0.000000238. The summed E-state index contributed by atoms with van der Waals surface area (Å²) in [4.78, 5) is 111. The smallest absolute Gasteiger partial charge is 0.469 e. The first kappa shape index (κ1) is 90.6. The van der Waals surface area contributed by atoms with Crippen molar-refractivity contribution >= 4 is 156 Å². The summed E-state index contributed by atoms with van der Waals surface area (Å²) < 4.78 is 26.3. The largest absolute Gasteiger partial charge is 0.509 e. The average molecular weight is 1620 g/mol. The molecule has 7 N–H and O–H groups in total. The number of thioether (sulfide) groups is 3. The van der Waals surface area contributed by atoms with Crippen LogP contribution in [0.5, 0.6) is 0 Å². The molecule has 0 bridgehead atoms. The topological polar surface area (TPSA) is 316 Å². The van der Waals surface area contributed by atoms with E-state index in [1.165, 1.54) is 48.9 Å². The Morgan fingerprint density at radius 1 is 0.504 bits per heavy atom. The number of amides is 4. The molecule has 115 heavy (non-hydrogen) atoms. The number of nitrogens with zero attached hydrogens (tertiary/aromatic N) is 6. The number of aromatic nitrogens is 3. The first-order chi connectivity index (χ1) is 54.8. The third-order valence-corrected chi connectivity index (χ3v) is 18.7. The third-order valence-electron chi connectivity index (χ3n) is 16.3. The first-order valence-electron chi connectivity index (χ1n) is 37.1. The minimum atomic E-state index is -0.770. The standard InChI is InChI=1S/C30H34N4O5S.C29H35N5O3S.C27H30N4O4S.CH4/c1-21(32-25(35)16-15-22-10-6-5-7-11-22)33-29(34-24-14-8-12-23-13-9-17-31-28(23)24)40-20-39-27(37)19-30(2,3)18-26(36)38-4;1-21(31-26(35)17-16-23-11-5-3-6-12-23)32-28(33-25-15-9-13-24-14-10-18-30-27(24)25)38-22(2)37-29(36)34-19-7-4-8-20-34;1-19(29-23(32)16-15-20-10-6-5-7-11-20)30-25(36-18-34-26(33)35-27(2,3)4)31-22-14-8-12-21-13-9-17-28-24(21)22;/h5-17,21H,18-20H2,1-4H3,(H,32,35)(H,33,34);3,5-6,9-18,21-22,28,32-33H,4,7-8,19-20H2,1-2H3,(H,31,35);5-17,19H,18H2,1-4H3,(H,29,32)(H,30,31);1H4/b16-15+;17-16+;16-15+;. The van der Waals surface area contributed by atoms with Crippen molar-refractivity contribution in [3.8, 4) is 0 Å². The Labute approximate surface area is 685 Å². The molecule has 6 aromatic carbocycles. The minimum Gasteiger partial charge on any atom is -0.469 e. The quantitative estimate of drug-likeness (QED) is 0.00598. The zero-order valence-corrected chi connectivity index (χ0v) is 68.0. The van der Waals surface area contributed by atoms with E-state index in [4.69, 9.17) is 23.7 Å². The van der Waals surface area contributed by atoms with Gasteiger partial charge in [0.15, 0.2) is 10.3 Å². The van der Waals surface area contributed by atoms with Crippen LogP contribution in [0.2, 0.25) is 0 Å². The van der Waals surface area contributed by atoms with Gasteiger partial charge in [-0.3, -0.25) is 44.2 Å². The molecule has 4 heterocycles. The highest BCUT2D eigenvalue weighted by Crippen LogP contribution is 2.30. The summed E-state index contributed by atoms with van der Waals surface area (Å²) in [5.74, 6) is -1.68. The Morgan fingerprint density at radius 2 is 0.913 bits per heavy atom. The van der Waals surface area contributed by atoms with Gasteiger partial charge in [-0.15, -0.1) is 0 Å². The maximum Gasteiger partial charge on any atom is 0.509 e. The first-order valence-corrected chi connectivity index (χ1v) is 40.0. The van der Waals surface area contributed by atoms with Gasteiger partial charge >= 0.3 is 24.2 Å². The van der Waals surface area contributed by atoms with E-state index in [0.717, 1.165) is 111 Å². The summed E-state index contributed by atoms with van der Waals surface area (Å²) in [5.41, 5.74) is 5.35. The number of fused-ring (bicyclic) bond motifs is 3. The highest BCUT2D eigenvalue weighted by atomic mass is 32.2. The van der Waals surface area contributed by atoms with Crippen molar-refractivity contribution in [2.24, 2.45) is 15.4 Å². The van der Waals surface area contributed by atoms with Crippen molar-refractivity contribution in [2.45, 2.75) is 137 Å². The van der Waals surface area contributed by atoms with Crippen LogP contribution in [0.25, 0.3) is 50.9 Å². The molecule has 1 fully saturated rings. The molecular weight excluding hydrogens is 1520 g/mol. The Bertz CT molecular complexity index is 4780. The molecule has 606 valence electrons. The maximum atomic E-state index is 12.7. The van der Waals surface area contributed by atoms with Gasteiger partial charge in [0.25, 0.3) is 0 Å². The van der Waals surface area contributed by atoms with Gasteiger partial charge in [-0.25, -0.2) is 19.6 Å². The second-order valence-corrected chi connectivity index (χ2v) is 30.9. The maximum absolute atomic E-state index is 12.7. The van der Waals surface area contributed by atoms with Crippen LogP contribution in [-0.4, -0.2) is 139 Å². The molecule has 3 aromatic heterocycles. The van der Waals surface area contributed by atoms with Gasteiger partial charge in [-0.1, -0.05) is 179 Å². The van der Waals surface area contributed by atoms with Crippen LogP contribution in [0.4, 0.5) is 26.7 Å². The van der Waals surface area contributed by atoms with E-state index >= 15 is 0 Å². The molecule has 10 rings (SSSR count). The van der Waals surface area contributed by atoms with Crippen molar-refractivity contribution in [1.29, 1.82) is 0 Å².